The molecule has 3 N–H and O–H groups in total. The zero-order valence-electron chi connectivity index (χ0n) is 15.7. The summed E-state index contributed by atoms with van der Waals surface area (Å²) in [5.74, 6) is 1.65. The first-order valence-corrected chi connectivity index (χ1v) is 9.68. The van der Waals surface area contributed by atoms with Crippen LogP contribution in [0.1, 0.15) is 19.3 Å². The molecule has 0 aliphatic carbocycles. The van der Waals surface area contributed by atoms with E-state index in [0.29, 0.717) is 18.6 Å². The van der Waals surface area contributed by atoms with Gasteiger partial charge in [0.25, 0.3) is 0 Å². The highest BCUT2D eigenvalue weighted by Crippen LogP contribution is 2.25. The van der Waals surface area contributed by atoms with Crippen molar-refractivity contribution in [3.05, 3.63) is 12.4 Å². The number of aliphatic hydroxyl groups is 2. The molecule has 3 heterocycles. The first-order valence-electron chi connectivity index (χ1n) is 9.68. The Hall–Kier alpha value is -1.48. The molecule has 8 nitrogen and oxygen atoms in total. The molecule has 2 saturated heterocycles. The maximum absolute atomic E-state index is 9.56. The Morgan fingerprint density at radius 3 is 2.65 bits per heavy atom. The summed E-state index contributed by atoms with van der Waals surface area (Å²) in [6.07, 6.45) is 4.78. The Morgan fingerprint density at radius 1 is 1.12 bits per heavy atom. The lowest BCUT2D eigenvalue weighted by molar-refractivity contribution is 0.0596. The van der Waals surface area contributed by atoms with Gasteiger partial charge in [-0.25, -0.2) is 9.97 Å². The zero-order chi connectivity index (χ0) is 18.4. The van der Waals surface area contributed by atoms with Crippen molar-refractivity contribution in [3.63, 3.8) is 0 Å². The van der Waals surface area contributed by atoms with Crippen molar-refractivity contribution in [2.45, 2.75) is 31.3 Å². The van der Waals surface area contributed by atoms with Crippen molar-refractivity contribution in [1.82, 2.24) is 19.8 Å². The summed E-state index contributed by atoms with van der Waals surface area (Å²) < 4.78 is 0. The number of piperidine rings is 1. The highest BCUT2D eigenvalue weighted by atomic mass is 16.3. The number of nitrogens with zero attached hydrogens (tertiary/aromatic N) is 5. The number of nitrogens with one attached hydrogen (secondary N) is 1. The van der Waals surface area contributed by atoms with Crippen molar-refractivity contribution in [2.75, 3.05) is 69.7 Å². The molecule has 1 aromatic heterocycles. The number of likely N-dealkylation sites (tertiary alicyclic amines) is 1. The predicted molar refractivity (Wildman–Crippen MR) is 103 cm³/mol. The molecule has 8 heteroatoms. The summed E-state index contributed by atoms with van der Waals surface area (Å²) >= 11 is 0. The third-order valence-electron chi connectivity index (χ3n) is 5.54. The Labute approximate surface area is 155 Å². The van der Waals surface area contributed by atoms with Gasteiger partial charge in [-0.2, -0.15) is 0 Å². The molecular weight excluding hydrogens is 332 g/mol. The fourth-order valence-electron chi connectivity index (χ4n) is 4.09. The molecule has 1 atom stereocenters. The minimum absolute atomic E-state index is 0.0765. The van der Waals surface area contributed by atoms with Gasteiger partial charge in [-0.15, -0.1) is 0 Å². The van der Waals surface area contributed by atoms with E-state index in [0.717, 1.165) is 50.8 Å². The minimum Gasteiger partial charge on any atom is -0.396 e. The van der Waals surface area contributed by atoms with Gasteiger partial charge in [-0.1, -0.05) is 0 Å². The van der Waals surface area contributed by atoms with E-state index in [1.807, 2.05) is 6.07 Å². The van der Waals surface area contributed by atoms with Gasteiger partial charge in [0.15, 0.2) is 0 Å². The summed E-state index contributed by atoms with van der Waals surface area (Å²) in [5, 5.41) is 21.6. The predicted octanol–water partition coefficient (Wildman–Crippen LogP) is -0.152. The smallest absolute Gasteiger partial charge is 0.134 e. The largest absolute Gasteiger partial charge is 0.396 e. The molecule has 0 spiro atoms. The molecule has 26 heavy (non-hydrogen) atoms. The fourth-order valence-corrected chi connectivity index (χ4v) is 4.09. The van der Waals surface area contributed by atoms with Crippen molar-refractivity contribution < 1.29 is 10.2 Å². The van der Waals surface area contributed by atoms with Crippen LogP contribution in [0.25, 0.3) is 0 Å². The van der Waals surface area contributed by atoms with E-state index in [-0.39, 0.29) is 13.2 Å². The Morgan fingerprint density at radius 2 is 1.92 bits per heavy atom. The quantitative estimate of drug-likeness (QED) is 0.616. The minimum atomic E-state index is 0.0765. The van der Waals surface area contributed by atoms with Crippen LogP contribution in [0.15, 0.2) is 12.4 Å². The molecule has 2 fully saturated rings. The van der Waals surface area contributed by atoms with Gasteiger partial charge in [-0.05, 0) is 39.4 Å². The second-order valence-electron chi connectivity index (χ2n) is 7.30. The topological polar surface area (TPSA) is 88.0 Å². The fraction of sp³-hybridized carbons (Fsp3) is 0.778. The van der Waals surface area contributed by atoms with Crippen LogP contribution in [0.3, 0.4) is 0 Å². The molecule has 0 radical (unpaired) electrons. The van der Waals surface area contributed by atoms with E-state index >= 15 is 0 Å². The SMILES string of the molecule is CN1CCC(N2CCN(c3cc(NCCO)ncn3)C[C@@H]2CCO)CC1. The normalized spacial score (nSPS) is 23.3. The Balaban J connectivity index is 1.65. The number of anilines is 2. The highest BCUT2D eigenvalue weighted by Gasteiger charge is 2.33. The first-order chi connectivity index (χ1) is 12.7. The van der Waals surface area contributed by atoms with Crippen LogP contribution in [0.5, 0.6) is 0 Å². The van der Waals surface area contributed by atoms with Crippen molar-refractivity contribution in [1.29, 1.82) is 0 Å². The van der Waals surface area contributed by atoms with Crippen LogP contribution < -0.4 is 10.2 Å². The van der Waals surface area contributed by atoms with Crippen molar-refractivity contribution in [2.24, 2.45) is 0 Å². The van der Waals surface area contributed by atoms with E-state index < -0.39 is 0 Å². The van der Waals surface area contributed by atoms with Gasteiger partial charge < -0.3 is 25.3 Å². The van der Waals surface area contributed by atoms with Crippen LogP contribution in [0.4, 0.5) is 11.6 Å². The van der Waals surface area contributed by atoms with Crippen LogP contribution in [0, 0.1) is 0 Å². The summed E-state index contributed by atoms with van der Waals surface area (Å²) in [6.45, 7) is 5.90. The number of hydrogen-bond acceptors (Lipinski definition) is 8. The maximum Gasteiger partial charge on any atom is 0.134 e. The molecule has 2 aliphatic heterocycles. The summed E-state index contributed by atoms with van der Waals surface area (Å²) in [4.78, 5) is 15.9. The third kappa shape index (κ3) is 4.82. The summed E-state index contributed by atoms with van der Waals surface area (Å²) in [5.41, 5.74) is 0. The molecular formula is C18H32N6O2. The third-order valence-corrected chi connectivity index (χ3v) is 5.54. The first kappa shape index (κ1) is 19.3. The molecule has 0 amide bonds. The molecule has 0 bridgehead atoms. The maximum atomic E-state index is 9.56. The van der Waals surface area contributed by atoms with Gasteiger partial charge >= 0.3 is 0 Å². The number of aliphatic hydroxyl groups excluding tert-OH is 2. The number of piperazine rings is 1. The molecule has 0 saturated carbocycles. The van der Waals surface area contributed by atoms with Gasteiger partial charge in [0.05, 0.1) is 6.61 Å². The van der Waals surface area contributed by atoms with Gasteiger partial charge in [-0.3, -0.25) is 4.90 Å². The second-order valence-corrected chi connectivity index (χ2v) is 7.30. The average molecular weight is 364 g/mol. The summed E-state index contributed by atoms with van der Waals surface area (Å²) in [7, 11) is 2.19. The molecule has 0 unspecified atom stereocenters. The lowest BCUT2D eigenvalue weighted by Crippen LogP contribution is -2.58. The van der Waals surface area contributed by atoms with Crippen LogP contribution >= 0.6 is 0 Å². The number of hydrogen-bond donors (Lipinski definition) is 3. The van der Waals surface area contributed by atoms with E-state index in [1.54, 1.807) is 6.33 Å². The Kier molecular flexibility index (Phi) is 7.01. The molecule has 2 aliphatic rings. The molecule has 0 aromatic carbocycles. The van der Waals surface area contributed by atoms with E-state index in [4.69, 9.17) is 5.11 Å². The van der Waals surface area contributed by atoms with Crippen molar-refractivity contribution in [3.8, 4) is 0 Å². The lowest BCUT2D eigenvalue weighted by Gasteiger charge is -2.47. The van der Waals surface area contributed by atoms with Crippen LogP contribution in [-0.2, 0) is 0 Å². The summed E-state index contributed by atoms with van der Waals surface area (Å²) in [6, 6.07) is 2.92. The second kappa shape index (κ2) is 9.45. The monoisotopic (exact) mass is 364 g/mol. The highest BCUT2D eigenvalue weighted by molar-refractivity contribution is 5.49. The Bertz CT molecular complexity index is 552. The van der Waals surface area contributed by atoms with Crippen molar-refractivity contribution >= 4 is 11.6 Å². The van der Waals surface area contributed by atoms with Gasteiger partial charge in [0.2, 0.25) is 0 Å². The lowest BCUT2D eigenvalue weighted by atomic mass is 9.98. The van der Waals surface area contributed by atoms with E-state index in [9.17, 15) is 5.11 Å². The number of rotatable bonds is 7. The van der Waals surface area contributed by atoms with E-state index in [1.165, 1.54) is 12.8 Å². The zero-order valence-corrected chi connectivity index (χ0v) is 15.7. The van der Waals surface area contributed by atoms with Gasteiger partial charge in [0, 0.05) is 50.9 Å². The van der Waals surface area contributed by atoms with Crippen LogP contribution in [-0.4, -0.2) is 102 Å². The molecule has 3 rings (SSSR count). The van der Waals surface area contributed by atoms with E-state index in [2.05, 4.69) is 37.0 Å². The average Bonchev–Trinajstić information content (AvgIpc) is 2.68. The van der Waals surface area contributed by atoms with Crippen LogP contribution in [0.2, 0.25) is 0 Å². The molecule has 146 valence electrons. The molecule has 1 aromatic rings. The standard InChI is InChI=1S/C18H32N6O2/c1-22-6-2-15(3-7-22)24-9-8-23(13-16(24)4-10-25)18-12-17(19-5-11-26)20-14-21-18/h12,14-16,25-26H,2-11,13H2,1H3,(H,19,20,21)/t16-/m0/s1. The van der Waals surface area contributed by atoms with Gasteiger partial charge in [0.1, 0.15) is 18.0 Å². The number of aromatic nitrogens is 2.